The molecule has 0 heterocycles. The molecule has 3 aromatic rings. The molecule has 6 heteroatoms. The van der Waals surface area contributed by atoms with Crippen LogP contribution in [0.3, 0.4) is 0 Å². The first kappa shape index (κ1) is 35.0. The van der Waals surface area contributed by atoms with Crippen LogP contribution in [0.15, 0.2) is 126 Å². The van der Waals surface area contributed by atoms with E-state index in [1.165, 1.54) is 23.6 Å². The van der Waals surface area contributed by atoms with Crippen LogP contribution in [0.4, 0.5) is 0 Å². The van der Waals surface area contributed by atoms with Crippen molar-refractivity contribution in [2.24, 2.45) is 5.92 Å². The van der Waals surface area contributed by atoms with Gasteiger partial charge in [-0.05, 0) is 57.8 Å². The molecule has 0 N–H and O–H groups in total. The predicted molar refractivity (Wildman–Crippen MR) is 189 cm³/mol. The van der Waals surface area contributed by atoms with Gasteiger partial charge in [-0.15, -0.1) is 0 Å². The van der Waals surface area contributed by atoms with Crippen LogP contribution in [0.25, 0.3) is 0 Å². The third-order valence-corrected chi connectivity index (χ3v) is 13.7. The Hall–Kier alpha value is -3.84. The molecule has 0 aromatic heterocycles. The number of allylic oxidation sites excluding steroid dienone is 3. The van der Waals surface area contributed by atoms with E-state index < -0.39 is 14.4 Å². The van der Waals surface area contributed by atoms with Gasteiger partial charge in [-0.1, -0.05) is 131 Å². The van der Waals surface area contributed by atoms with E-state index in [2.05, 4.69) is 94.4 Å². The monoisotopic (exact) mass is 636 g/mol. The molecule has 0 radical (unpaired) electrons. The molecule has 242 valence electrons. The lowest BCUT2D eigenvalue weighted by molar-refractivity contribution is -0.134. The normalized spacial score (nSPS) is 18.7. The summed E-state index contributed by atoms with van der Waals surface area (Å²) in [5.41, 5.74) is 2.76. The summed E-state index contributed by atoms with van der Waals surface area (Å²) in [6, 6.07) is 31.3. The number of benzene rings is 3. The summed E-state index contributed by atoms with van der Waals surface area (Å²) in [4.78, 5) is 24.0. The summed E-state index contributed by atoms with van der Waals surface area (Å²) in [7, 11) is -1.53. The van der Waals surface area contributed by atoms with Crippen LogP contribution in [0.2, 0.25) is 5.04 Å². The molecule has 0 bridgehead atoms. The molecule has 0 amide bonds. The Labute approximate surface area is 276 Å². The van der Waals surface area contributed by atoms with Crippen molar-refractivity contribution in [3.63, 3.8) is 0 Å². The molecular weight excluding hydrogens is 589 g/mol. The summed E-state index contributed by atoms with van der Waals surface area (Å²) in [5.74, 6) is -0.0931. The smallest absolute Gasteiger partial charge is 0.330 e. The van der Waals surface area contributed by atoms with Gasteiger partial charge in [0.25, 0.3) is 8.32 Å². The molecule has 0 unspecified atom stereocenters. The minimum Gasteiger partial charge on any atom is -0.466 e. The second-order valence-electron chi connectivity index (χ2n) is 13.0. The number of hydrogen-bond donors (Lipinski definition) is 0. The lowest BCUT2D eigenvalue weighted by Crippen LogP contribution is -2.68. The van der Waals surface area contributed by atoms with Crippen molar-refractivity contribution in [1.29, 1.82) is 0 Å². The van der Waals surface area contributed by atoms with E-state index in [1.807, 2.05) is 42.5 Å². The van der Waals surface area contributed by atoms with Gasteiger partial charge < -0.3 is 13.9 Å². The molecule has 3 aromatic carbocycles. The number of ether oxygens (including phenoxy) is 2. The molecule has 0 spiro atoms. The first-order valence-corrected chi connectivity index (χ1v) is 18.2. The Balaban J connectivity index is 1.68. The van der Waals surface area contributed by atoms with E-state index in [0.717, 1.165) is 36.7 Å². The molecule has 1 aliphatic rings. The van der Waals surface area contributed by atoms with Crippen molar-refractivity contribution < 1.29 is 23.5 Å². The summed E-state index contributed by atoms with van der Waals surface area (Å²) >= 11 is 0. The number of aldehydes is 1. The van der Waals surface area contributed by atoms with Crippen molar-refractivity contribution in [1.82, 2.24) is 0 Å². The Morgan fingerprint density at radius 2 is 1.52 bits per heavy atom. The van der Waals surface area contributed by atoms with Crippen LogP contribution >= 0.6 is 0 Å². The lowest BCUT2D eigenvalue weighted by Gasteiger charge is -2.46. The molecule has 0 saturated carbocycles. The third-order valence-electron chi connectivity index (χ3n) is 8.68. The standard InChI is InChI=1S/C40H48O5Si/c1-31(25-26-39(42)43-5)17-15-16-20-33-27-37(44-30-32-18-9-6-10-19-32)38(28-34(33)29-41)45-46(40(2,3)4,35-21-11-7-12-22-35)36-23-13-8-14-24-36/h6-14,18-26,28-29,31,37-38H,15-17,27,30H2,1-5H3/b26-25+,33-20+/t31-,37-,38+/m1/s1. The average molecular weight is 637 g/mol. The highest BCUT2D eigenvalue weighted by molar-refractivity contribution is 6.99. The predicted octanol–water partition coefficient (Wildman–Crippen LogP) is 7.51. The van der Waals surface area contributed by atoms with E-state index in [0.29, 0.717) is 18.6 Å². The second-order valence-corrected chi connectivity index (χ2v) is 17.3. The number of unbranched alkanes of at least 4 members (excludes halogenated alkanes) is 1. The molecule has 1 aliphatic carbocycles. The van der Waals surface area contributed by atoms with Crippen LogP contribution < -0.4 is 10.4 Å². The molecule has 46 heavy (non-hydrogen) atoms. The maximum Gasteiger partial charge on any atom is 0.330 e. The fraction of sp³-hybridized carbons (Fsp3) is 0.350. The minimum atomic E-state index is -2.91. The second kappa shape index (κ2) is 16.6. The van der Waals surface area contributed by atoms with Gasteiger partial charge >= 0.3 is 5.97 Å². The molecule has 0 saturated heterocycles. The van der Waals surface area contributed by atoms with Gasteiger partial charge in [0.05, 0.1) is 25.9 Å². The fourth-order valence-corrected chi connectivity index (χ4v) is 10.9. The first-order valence-electron chi connectivity index (χ1n) is 16.2. The van der Waals surface area contributed by atoms with E-state index in [1.54, 1.807) is 0 Å². The van der Waals surface area contributed by atoms with E-state index in [4.69, 9.17) is 13.9 Å². The fourth-order valence-electron chi connectivity index (χ4n) is 6.22. The zero-order valence-electron chi connectivity index (χ0n) is 27.9. The van der Waals surface area contributed by atoms with E-state index in [-0.39, 0.29) is 23.0 Å². The SMILES string of the molecule is COC(=O)/C=C/[C@H](C)CCC/C=C1\C[C@@H](OCc2ccccc2)[C@@H](O[Si](c2ccccc2)(c2ccccc2)C(C)(C)C)C=C1C=O. The number of hydrogen-bond acceptors (Lipinski definition) is 5. The van der Waals surface area contributed by atoms with Crippen molar-refractivity contribution in [3.05, 3.63) is 132 Å². The van der Waals surface area contributed by atoms with E-state index in [9.17, 15) is 9.59 Å². The molecule has 0 aliphatic heterocycles. The van der Waals surface area contributed by atoms with E-state index >= 15 is 0 Å². The van der Waals surface area contributed by atoms with Crippen LogP contribution in [0, 0.1) is 5.92 Å². The largest absolute Gasteiger partial charge is 0.466 e. The first-order chi connectivity index (χ1) is 22.2. The zero-order valence-corrected chi connectivity index (χ0v) is 28.9. The minimum absolute atomic E-state index is 0.218. The van der Waals surface area contributed by atoms with Crippen LogP contribution in [0.5, 0.6) is 0 Å². The van der Waals surface area contributed by atoms with Gasteiger partial charge in [-0.3, -0.25) is 4.79 Å². The molecular formula is C40H48O5Si. The van der Waals surface area contributed by atoms with Crippen LogP contribution in [-0.2, 0) is 30.1 Å². The quantitative estimate of drug-likeness (QED) is 0.0603. The van der Waals surface area contributed by atoms with Gasteiger partial charge in [0, 0.05) is 18.1 Å². The number of methoxy groups -OCH3 is 1. The number of rotatable bonds is 14. The molecule has 5 nitrogen and oxygen atoms in total. The Morgan fingerprint density at radius 3 is 2.07 bits per heavy atom. The highest BCUT2D eigenvalue weighted by atomic mass is 28.4. The summed E-state index contributed by atoms with van der Waals surface area (Å²) < 4.78 is 18.9. The van der Waals surface area contributed by atoms with Crippen LogP contribution in [0.1, 0.15) is 58.9 Å². The maximum atomic E-state index is 12.6. The lowest BCUT2D eigenvalue weighted by atomic mass is 9.89. The van der Waals surface area contributed by atoms with Crippen molar-refractivity contribution in [3.8, 4) is 0 Å². The zero-order chi connectivity index (χ0) is 33.0. The Kier molecular flexibility index (Phi) is 12.7. The number of carbonyl (C=O) groups excluding carboxylic acids is 2. The Morgan fingerprint density at radius 1 is 0.935 bits per heavy atom. The van der Waals surface area contributed by atoms with Gasteiger partial charge in [0.2, 0.25) is 0 Å². The third kappa shape index (κ3) is 8.90. The van der Waals surface area contributed by atoms with Gasteiger partial charge in [-0.25, -0.2) is 4.79 Å². The van der Waals surface area contributed by atoms with Gasteiger partial charge in [-0.2, -0.15) is 0 Å². The molecule has 0 fully saturated rings. The molecule has 3 atom stereocenters. The Bertz CT molecular complexity index is 1450. The number of carbonyl (C=O) groups is 2. The topological polar surface area (TPSA) is 61.8 Å². The van der Waals surface area contributed by atoms with Gasteiger partial charge in [0.1, 0.15) is 6.29 Å². The maximum absolute atomic E-state index is 12.6. The van der Waals surface area contributed by atoms with Crippen molar-refractivity contribution in [2.75, 3.05) is 7.11 Å². The van der Waals surface area contributed by atoms with Crippen molar-refractivity contribution in [2.45, 2.75) is 77.2 Å². The summed E-state index contributed by atoms with van der Waals surface area (Å²) in [5, 5.41) is 2.16. The molecule has 4 rings (SSSR count). The van der Waals surface area contributed by atoms with Crippen LogP contribution in [-0.4, -0.2) is 39.9 Å². The van der Waals surface area contributed by atoms with Gasteiger partial charge in [0.15, 0.2) is 0 Å². The van der Waals surface area contributed by atoms with Crippen molar-refractivity contribution >= 4 is 30.9 Å². The average Bonchev–Trinajstić information content (AvgIpc) is 3.08. The summed E-state index contributed by atoms with van der Waals surface area (Å²) in [6.07, 6.45) is 11.1. The highest BCUT2D eigenvalue weighted by Crippen LogP contribution is 2.40. The summed E-state index contributed by atoms with van der Waals surface area (Å²) in [6.45, 7) is 9.33. The highest BCUT2D eigenvalue weighted by Gasteiger charge is 2.52. The number of esters is 1.